The smallest absolute Gasteiger partial charge is 0.416 e. The van der Waals surface area contributed by atoms with E-state index in [1.807, 2.05) is 34.9 Å². The highest BCUT2D eigenvalue weighted by Gasteiger charge is 2.47. The van der Waals surface area contributed by atoms with E-state index in [-0.39, 0.29) is 6.61 Å². The number of carboxylic acids is 1. The van der Waals surface area contributed by atoms with Crippen molar-refractivity contribution < 1.29 is 125 Å². The van der Waals surface area contributed by atoms with E-state index in [1.165, 1.54) is 6.20 Å². The van der Waals surface area contributed by atoms with E-state index in [0.717, 1.165) is 5.56 Å². The molecule has 1 N–H and O–H groups in total. The molecule has 404 valence electrons. The van der Waals surface area contributed by atoms with Crippen molar-refractivity contribution in [2.45, 2.75) is 56.0 Å². The molecular weight excluding hydrogens is 1080 g/mol. The van der Waals surface area contributed by atoms with E-state index in [1.54, 1.807) is 12.4 Å². The number of alkyl halides is 24. The standard InChI is InChI=1S/C32H12BF24.C13H12N2O3/c34-25(35,36)13-1-14(26(37,38)39)6-21(5-13)33(22-7-15(27(40,41)42)2-16(8-22)28(43,44)45,23-9-17(29(46,47)48)3-18(10-23)30(49,50)51)24-11-19(31(52,53)54)4-20(12-24)32(55,56)57;16-13(17)10-18-12-8-14-6-7-15(12)9-11-4-2-1-3-5-11/h1-12H;1-8H,9-10H2/q-1;/p+1. The van der Waals surface area contributed by atoms with Gasteiger partial charge in [0.2, 0.25) is 0 Å². The predicted octanol–water partition coefficient (Wildman–Crippen LogP) is 12.1. The second-order valence-electron chi connectivity index (χ2n) is 15.9. The minimum atomic E-state index is -6.13. The van der Waals surface area contributed by atoms with Crippen LogP contribution in [0, 0.1) is 0 Å². The van der Waals surface area contributed by atoms with Crippen LogP contribution < -0.4 is 31.2 Å². The van der Waals surface area contributed by atoms with E-state index in [4.69, 9.17) is 9.84 Å². The monoisotopic (exact) mass is 1110 g/mol. The highest BCUT2D eigenvalue weighted by Crippen LogP contribution is 2.41. The Morgan fingerprint density at radius 2 is 0.707 bits per heavy atom. The second kappa shape index (κ2) is 20.5. The molecule has 0 bridgehead atoms. The molecule has 30 heteroatoms. The SMILES string of the molecule is FC(F)(F)c1cc([B-](c2cc(C(F)(F)F)cc(C(F)(F)F)c2)(c2cc(C(F)(F)F)cc(C(F)(F)F)c2)c2cc(C(F)(F)F)cc(C(F)(F)F)c2)cc(C(F)(F)F)c1.O=C(O)COc1cncc[n+]1Cc1ccccc1. The number of rotatable bonds is 9. The normalized spacial score (nSPS) is 13.3. The zero-order chi connectivity index (χ0) is 56.7. The largest absolute Gasteiger partial charge is 0.479 e. The molecule has 0 unspecified atom stereocenters. The van der Waals surface area contributed by atoms with Crippen LogP contribution in [0.25, 0.3) is 0 Å². The molecule has 0 aliphatic heterocycles. The van der Waals surface area contributed by atoms with Gasteiger partial charge in [-0.3, -0.25) is 0 Å². The summed E-state index contributed by atoms with van der Waals surface area (Å²) in [6, 6.07) is 1.03. The fourth-order valence-corrected chi connectivity index (χ4v) is 7.61. The maximum absolute atomic E-state index is 14.2. The Hall–Kier alpha value is -7.17. The number of benzene rings is 5. The Bertz CT molecular complexity index is 2570. The number of nitrogens with zero attached hydrogens (tertiary/aromatic N) is 2. The van der Waals surface area contributed by atoms with Gasteiger partial charge < -0.3 is 9.84 Å². The van der Waals surface area contributed by atoms with Gasteiger partial charge >= 0.3 is 61.3 Å². The molecule has 0 spiro atoms. The summed E-state index contributed by atoms with van der Waals surface area (Å²) in [6.07, 6.45) is -49.9. The summed E-state index contributed by atoms with van der Waals surface area (Å²) < 4.78 is 348. The van der Waals surface area contributed by atoms with Crippen molar-refractivity contribution in [1.29, 1.82) is 0 Å². The van der Waals surface area contributed by atoms with Gasteiger partial charge in [0.25, 0.3) is 0 Å². The summed E-state index contributed by atoms with van der Waals surface area (Å²) in [6.45, 7) is 0.235. The number of carbonyl (C=O) groups is 1. The molecule has 5 aromatic carbocycles. The molecule has 1 heterocycles. The maximum atomic E-state index is 14.2. The van der Waals surface area contributed by atoms with Crippen molar-refractivity contribution >= 4 is 34.0 Å². The first-order valence-electron chi connectivity index (χ1n) is 20.1. The Balaban J connectivity index is 0.000000483. The highest BCUT2D eigenvalue weighted by atomic mass is 19.4. The Morgan fingerprint density at radius 1 is 0.440 bits per heavy atom. The molecule has 0 saturated carbocycles. The van der Waals surface area contributed by atoms with Crippen LogP contribution in [0.2, 0.25) is 0 Å². The van der Waals surface area contributed by atoms with E-state index >= 15 is 0 Å². The quantitative estimate of drug-likeness (QED) is 0.0890. The molecule has 0 aliphatic carbocycles. The van der Waals surface area contributed by atoms with Gasteiger partial charge in [0.15, 0.2) is 19.3 Å². The highest BCUT2D eigenvalue weighted by molar-refractivity contribution is 7.20. The first-order chi connectivity index (χ1) is 34.0. The lowest BCUT2D eigenvalue weighted by Gasteiger charge is -2.46. The second-order valence-corrected chi connectivity index (χ2v) is 15.9. The van der Waals surface area contributed by atoms with Crippen LogP contribution in [0.1, 0.15) is 50.1 Å². The molecule has 0 saturated heterocycles. The Kier molecular flexibility index (Phi) is 16.1. The summed E-state index contributed by atoms with van der Waals surface area (Å²) in [4.78, 5) is 14.4. The topological polar surface area (TPSA) is 63.3 Å². The summed E-state index contributed by atoms with van der Waals surface area (Å²) in [5.74, 6) is -0.575. The lowest BCUT2D eigenvalue weighted by molar-refractivity contribution is -0.693. The van der Waals surface area contributed by atoms with Gasteiger partial charge in [0.05, 0.1) is 50.7 Å². The molecule has 6 aromatic rings. The average molecular weight is 1110 g/mol. The minimum absolute atomic E-state index is 0.375. The third-order valence-electron chi connectivity index (χ3n) is 10.8. The van der Waals surface area contributed by atoms with Gasteiger partial charge in [-0.25, -0.2) is 9.78 Å². The molecule has 6 rings (SSSR count). The Morgan fingerprint density at radius 3 is 0.947 bits per heavy atom. The van der Waals surface area contributed by atoms with E-state index < -0.39 is 201 Å². The van der Waals surface area contributed by atoms with Crippen molar-refractivity contribution in [2.24, 2.45) is 0 Å². The number of aliphatic carboxylic acids is 1. The van der Waals surface area contributed by atoms with E-state index in [0.29, 0.717) is 12.4 Å². The van der Waals surface area contributed by atoms with Gasteiger partial charge in [-0.2, -0.15) is 132 Å². The van der Waals surface area contributed by atoms with Crippen LogP contribution in [-0.4, -0.2) is 28.8 Å². The molecule has 0 amide bonds. The summed E-state index contributed by atoms with van der Waals surface area (Å²) in [5.41, 5.74) is -29.1. The summed E-state index contributed by atoms with van der Waals surface area (Å²) in [5, 5.41) is 8.60. The van der Waals surface area contributed by atoms with Crippen molar-refractivity contribution in [3.63, 3.8) is 0 Å². The lowest BCUT2D eigenvalue weighted by Crippen LogP contribution is -2.75. The molecule has 0 fully saturated rings. The third-order valence-corrected chi connectivity index (χ3v) is 10.8. The van der Waals surface area contributed by atoms with Gasteiger partial charge in [-0.05, 0) is 24.3 Å². The fraction of sp³-hybridized carbons (Fsp3) is 0.222. The predicted molar refractivity (Wildman–Crippen MR) is 213 cm³/mol. The molecule has 0 atom stereocenters. The van der Waals surface area contributed by atoms with E-state index in [9.17, 15) is 110 Å². The minimum Gasteiger partial charge on any atom is -0.479 e. The summed E-state index contributed by atoms with van der Waals surface area (Å²) >= 11 is 0. The number of hydrogen-bond acceptors (Lipinski definition) is 3. The van der Waals surface area contributed by atoms with Crippen LogP contribution in [0.15, 0.2) is 122 Å². The number of hydrogen-bond donors (Lipinski definition) is 1. The van der Waals surface area contributed by atoms with Crippen LogP contribution in [-0.2, 0) is 60.7 Å². The lowest BCUT2D eigenvalue weighted by atomic mass is 9.12. The number of carboxylic acid groups (broad SMARTS) is 1. The zero-order valence-corrected chi connectivity index (χ0v) is 36.3. The number of halogens is 24. The molecule has 0 aliphatic rings. The summed E-state index contributed by atoms with van der Waals surface area (Å²) in [7, 11) is 0. The molecule has 0 radical (unpaired) electrons. The maximum Gasteiger partial charge on any atom is 0.416 e. The van der Waals surface area contributed by atoms with Gasteiger partial charge in [0, 0.05) is 5.56 Å². The first-order valence-corrected chi connectivity index (χ1v) is 20.1. The van der Waals surface area contributed by atoms with Crippen molar-refractivity contribution in [3.05, 3.63) is 172 Å². The zero-order valence-electron chi connectivity index (χ0n) is 36.3. The van der Waals surface area contributed by atoms with Crippen molar-refractivity contribution in [3.8, 4) is 5.88 Å². The number of aromatic nitrogens is 2. The van der Waals surface area contributed by atoms with Crippen molar-refractivity contribution in [2.75, 3.05) is 6.61 Å². The molecule has 1 aromatic heterocycles. The third kappa shape index (κ3) is 14.2. The van der Waals surface area contributed by atoms with Crippen molar-refractivity contribution in [1.82, 2.24) is 4.98 Å². The van der Waals surface area contributed by atoms with Crippen LogP contribution in [0.5, 0.6) is 5.88 Å². The molecule has 75 heavy (non-hydrogen) atoms. The molecule has 5 nitrogen and oxygen atoms in total. The Labute approximate surface area is 403 Å². The van der Waals surface area contributed by atoms with Gasteiger partial charge in [-0.15, -0.1) is 0 Å². The van der Waals surface area contributed by atoms with Gasteiger partial charge in [-0.1, -0.05) is 78.9 Å². The van der Waals surface area contributed by atoms with Gasteiger partial charge in [0.1, 0.15) is 12.3 Å². The molecular formula is C45H25BF24N2O3. The number of ether oxygens (including phenoxy) is 1. The van der Waals surface area contributed by atoms with E-state index in [2.05, 4.69) is 4.98 Å². The fourth-order valence-electron chi connectivity index (χ4n) is 7.61. The van der Waals surface area contributed by atoms with Crippen LogP contribution in [0.3, 0.4) is 0 Å². The average Bonchev–Trinajstić information content (AvgIpc) is 3.27. The first kappa shape index (κ1) is 58.7. The van der Waals surface area contributed by atoms with Crippen LogP contribution >= 0.6 is 0 Å². The van der Waals surface area contributed by atoms with Crippen LogP contribution in [0.4, 0.5) is 105 Å².